The first-order valence-electron chi connectivity index (χ1n) is 10.5. The summed E-state index contributed by atoms with van der Waals surface area (Å²) in [5, 5.41) is 3.13. The van der Waals surface area contributed by atoms with Gasteiger partial charge in [-0.05, 0) is 36.6 Å². The number of nitrogens with one attached hydrogen (secondary N) is 1. The van der Waals surface area contributed by atoms with Gasteiger partial charge in [-0.15, -0.1) is 0 Å². The lowest BCUT2D eigenvalue weighted by Crippen LogP contribution is -2.48. The second kappa shape index (κ2) is 12.0. The molecule has 2 aromatic carbocycles. The van der Waals surface area contributed by atoms with E-state index in [1.807, 2.05) is 19.1 Å². The third kappa shape index (κ3) is 6.54. The van der Waals surface area contributed by atoms with Gasteiger partial charge in [0, 0.05) is 38.6 Å². The number of rotatable bonds is 11. The molecule has 0 aromatic heterocycles. The van der Waals surface area contributed by atoms with Gasteiger partial charge < -0.3 is 10.2 Å². The quantitative estimate of drug-likeness (QED) is 0.535. The molecule has 0 aliphatic rings. The molecule has 0 aliphatic carbocycles. The SMILES string of the molecule is CC[C@H](C(=O)NC)N(Cc1ccccc1Cl)C(=O)CCCN(C)S(=O)(=O)c1ccccc1. The van der Waals surface area contributed by atoms with Gasteiger partial charge in [-0.3, -0.25) is 9.59 Å². The normalized spacial score (nSPS) is 12.4. The minimum absolute atomic E-state index is 0.104. The van der Waals surface area contributed by atoms with Gasteiger partial charge in [-0.2, -0.15) is 0 Å². The molecule has 2 rings (SSSR count). The molecule has 7 nitrogen and oxygen atoms in total. The van der Waals surface area contributed by atoms with Crippen molar-refractivity contribution in [3.8, 4) is 0 Å². The van der Waals surface area contributed by atoms with Gasteiger partial charge in [-0.25, -0.2) is 12.7 Å². The van der Waals surface area contributed by atoms with Crippen molar-refractivity contribution >= 4 is 33.4 Å². The van der Waals surface area contributed by atoms with Crippen LogP contribution < -0.4 is 5.32 Å². The zero-order chi connectivity index (χ0) is 23.7. The molecular weight excluding hydrogens is 450 g/mol. The number of amides is 2. The largest absolute Gasteiger partial charge is 0.357 e. The van der Waals surface area contributed by atoms with E-state index in [4.69, 9.17) is 11.6 Å². The first-order valence-corrected chi connectivity index (χ1v) is 12.3. The summed E-state index contributed by atoms with van der Waals surface area (Å²) in [6.07, 6.45) is 0.870. The van der Waals surface area contributed by atoms with Gasteiger partial charge in [0.15, 0.2) is 0 Å². The summed E-state index contributed by atoms with van der Waals surface area (Å²) in [6.45, 7) is 2.22. The third-order valence-electron chi connectivity index (χ3n) is 5.25. The molecule has 0 bridgehead atoms. The number of benzene rings is 2. The van der Waals surface area contributed by atoms with Gasteiger partial charge in [0.2, 0.25) is 21.8 Å². The topological polar surface area (TPSA) is 86.8 Å². The predicted octanol–water partition coefficient (Wildman–Crippen LogP) is 3.29. The Morgan fingerprint density at radius 3 is 2.28 bits per heavy atom. The van der Waals surface area contributed by atoms with E-state index in [-0.39, 0.29) is 36.2 Å². The molecule has 1 N–H and O–H groups in total. The fraction of sp³-hybridized carbons (Fsp3) is 0.391. The smallest absolute Gasteiger partial charge is 0.242 e. The highest BCUT2D eigenvalue weighted by atomic mass is 35.5. The molecule has 0 heterocycles. The summed E-state index contributed by atoms with van der Waals surface area (Å²) < 4.78 is 26.6. The van der Waals surface area contributed by atoms with Crippen molar-refractivity contribution in [3.63, 3.8) is 0 Å². The summed E-state index contributed by atoms with van der Waals surface area (Å²) in [5.74, 6) is -0.484. The van der Waals surface area contributed by atoms with Crippen LogP contribution in [0.5, 0.6) is 0 Å². The predicted molar refractivity (Wildman–Crippen MR) is 126 cm³/mol. The Bertz CT molecular complexity index is 1010. The van der Waals surface area contributed by atoms with E-state index in [1.165, 1.54) is 35.4 Å². The van der Waals surface area contributed by atoms with Crippen LogP contribution >= 0.6 is 11.6 Å². The van der Waals surface area contributed by atoms with Crippen molar-refractivity contribution in [2.24, 2.45) is 0 Å². The van der Waals surface area contributed by atoms with Crippen LogP contribution in [-0.2, 0) is 26.2 Å². The Morgan fingerprint density at radius 2 is 1.69 bits per heavy atom. The number of halogens is 1. The average Bonchev–Trinajstić information content (AvgIpc) is 2.80. The average molecular weight is 480 g/mol. The molecular formula is C23H30ClN3O4S. The zero-order valence-electron chi connectivity index (χ0n) is 18.6. The van der Waals surface area contributed by atoms with Gasteiger partial charge in [0.1, 0.15) is 6.04 Å². The van der Waals surface area contributed by atoms with E-state index in [0.29, 0.717) is 17.9 Å². The number of nitrogens with zero attached hydrogens (tertiary/aromatic N) is 2. The first kappa shape index (κ1) is 25.8. The molecule has 0 saturated heterocycles. The summed E-state index contributed by atoms with van der Waals surface area (Å²) in [6, 6.07) is 14.7. The third-order valence-corrected chi connectivity index (χ3v) is 7.49. The van der Waals surface area contributed by atoms with Crippen LogP contribution in [-0.4, -0.2) is 56.1 Å². The van der Waals surface area contributed by atoms with Crippen LogP contribution in [0.25, 0.3) is 0 Å². The Morgan fingerprint density at radius 1 is 1.06 bits per heavy atom. The molecule has 9 heteroatoms. The van der Waals surface area contributed by atoms with Crippen molar-refractivity contribution in [1.82, 2.24) is 14.5 Å². The number of hydrogen-bond acceptors (Lipinski definition) is 4. The number of hydrogen-bond donors (Lipinski definition) is 1. The second-order valence-corrected chi connectivity index (χ2v) is 9.85. The lowest BCUT2D eigenvalue weighted by atomic mass is 10.1. The van der Waals surface area contributed by atoms with Gasteiger partial charge in [0.05, 0.1) is 4.90 Å². The standard InChI is InChI=1S/C23H30ClN3O4S/c1-4-21(23(29)25-2)27(17-18-11-8-9-14-20(18)24)22(28)15-10-16-26(3)32(30,31)19-12-6-5-7-13-19/h5-9,11-14,21H,4,10,15-17H2,1-3H3,(H,25,29)/t21-/m1/s1. The van der Waals surface area contributed by atoms with Gasteiger partial charge >= 0.3 is 0 Å². The van der Waals surface area contributed by atoms with E-state index >= 15 is 0 Å². The fourth-order valence-corrected chi connectivity index (χ4v) is 4.81. The van der Waals surface area contributed by atoms with Crippen molar-refractivity contribution < 1.29 is 18.0 Å². The molecule has 2 aromatic rings. The van der Waals surface area contributed by atoms with Crippen LogP contribution in [0.1, 0.15) is 31.7 Å². The Labute approximate surface area is 195 Å². The summed E-state index contributed by atoms with van der Waals surface area (Å²) in [7, 11) is -0.595. The van der Waals surface area contributed by atoms with Crippen molar-refractivity contribution in [2.45, 2.75) is 43.7 Å². The van der Waals surface area contributed by atoms with E-state index in [9.17, 15) is 18.0 Å². The molecule has 0 unspecified atom stereocenters. The molecule has 0 radical (unpaired) electrons. The number of carbonyl (C=O) groups is 2. The molecule has 0 saturated carbocycles. The summed E-state index contributed by atoms with van der Waals surface area (Å²) in [5.41, 5.74) is 0.744. The molecule has 0 aliphatic heterocycles. The molecule has 174 valence electrons. The van der Waals surface area contributed by atoms with Gasteiger partial charge in [0.25, 0.3) is 0 Å². The molecule has 0 fully saturated rings. The van der Waals surface area contributed by atoms with E-state index in [0.717, 1.165) is 5.56 Å². The Kier molecular flexibility index (Phi) is 9.68. The monoisotopic (exact) mass is 479 g/mol. The maximum Gasteiger partial charge on any atom is 0.242 e. The molecule has 2 amide bonds. The number of carbonyl (C=O) groups excluding carboxylic acids is 2. The fourth-order valence-electron chi connectivity index (χ4n) is 3.39. The number of sulfonamides is 1. The first-order chi connectivity index (χ1) is 15.2. The highest BCUT2D eigenvalue weighted by Gasteiger charge is 2.28. The van der Waals surface area contributed by atoms with E-state index < -0.39 is 16.1 Å². The van der Waals surface area contributed by atoms with Crippen molar-refractivity contribution in [3.05, 3.63) is 65.2 Å². The van der Waals surface area contributed by atoms with Gasteiger partial charge in [-0.1, -0.05) is 54.9 Å². The Hall–Kier alpha value is -2.42. The maximum atomic E-state index is 13.1. The van der Waals surface area contributed by atoms with Crippen LogP contribution in [0.15, 0.2) is 59.5 Å². The second-order valence-electron chi connectivity index (χ2n) is 7.39. The Balaban J connectivity index is 2.10. The number of likely N-dealkylation sites (N-methyl/N-ethyl adjacent to an activating group) is 1. The van der Waals surface area contributed by atoms with Crippen LogP contribution in [0, 0.1) is 0 Å². The minimum Gasteiger partial charge on any atom is -0.357 e. The van der Waals surface area contributed by atoms with Crippen LogP contribution in [0.3, 0.4) is 0 Å². The summed E-state index contributed by atoms with van der Waals surface area (Å²) >= 11 is 6.28. The molecule has 1 atom stereocenters. The highest BCUT2D eigenvalue weighted by molar-refractivity contribution is 7.89. The van der Waals surface area contributed by atoms with E-state index in [2.05, 4.69) is 5.32 Å². The maximum absolute atomic E-state index is 13.1. The van der Waals surface area contributed by atoms with Crippen LogP contribution in [0.2, 0.25) is 5.02 Å². The molecule has 32 heavy (non-hydrogen) atoms. The van der Waals surface area contributed by atoms with E-state index in [1.54, 1.807) is 30.3 Å². The lowest BCUT2D eigenvalue weighted by Gasteiger charge is -2.30. The highest BCUT2D eigenvalue weighted by Crippen LogP contribution is 2.21. The van der Waals surface area contributed by atoms with Crippen molar-refractivity contribution in [2.75, 3.05) is 20.6 Å². The van der Waals surface area contributed by atoms with Crippen molar-refractivity contribution in [1.29, 1.82) is 0 Å². The lowest BCUT2D eigenvalue weighted by molar-refractivity contribution is -0.141. The van der Waals surface area contributed by atoms with Crippen LogP contribution in [0.4, 0.5) is 0 Å². The minimum atomic E-state index is -3.62. The zero-order valence-corrected chi connectivity index (χ0v) is 20.2. The molecule has 0 spiro atoms. The summed E-state index contributed by atoms with van der Waals surface area (Å²) in [4.78, 5) is 27.3.